The Kier molecular flexibility index (Phi) is 3.75. The normalized spacial score (nSPS) is 10.4. The van der Waals surface area contributed by atoms with Crippen molar-refractivity contribution in [2.24, 2.45) is 0 Å². The number of nitrogens with zero attached hydrogens (tertiary/aromatic N) is 2. The molecule has 0 radical (unpaired) electrons. The number of aliphatic carboxylic acids is 1. The lowest BCUT2D eigenvalue weighted by atomic mass is 10.1. The van der Waals surface area contributed by atoms with E-state index in [4.69, 9.17) is 5.11 Å². The van der Waals surface area contributed by atoms with Crippen LogP contribution in [-0.2, 0) is 11.3 Å². The fourth-order valence-electron chi connectivity index (χ4n) is 1.56. The van der Waals surface area contributed by atoms with Crippen LogP contribution in [0.3, 0.4) is 0 Å². The second kappa shape index (κ2) is 5.31. The molecule has 5 nitrogen and oxygen atoms in total. The Morgan fingerprint density at radius 2 is 2.21 bits per heavy atom. The van der Waals surface area contributed by atoms with Crippen LogP contribution in [-0.4, -0.2) is 20.6 Å². The lowest BCUT2D eigenvalue weighted by Gasteiger charge is -2.06. The largest absolute Gasteiger partial charge is 0.480 e. The molecule has 1 aromatic carbocycles. The van der Waals surface area contributed by atoms with Gasteiger partial charge in [-0.3, -0.25) is 14.2 Å². The summed E-state index contributed by atoms with van der Waals surface area (Å²) in [7, 11) is 0. The summed E-state index contributed by atoms with van der Waals surface area (Å²) >= 11 is 3.24. The molecule has 0 amide bonds. The zero-order valence-electron chi connectivity index (χ0n) is 9.51. The number of benzene rings is 1. The highest BCUT2D eigenvalue weighted by Crippen LogP contribution is 2.21. The third-order valence-corrected chi connectivity index (χ3v) is 2.88. The Morgan fingerprint density at radius 3 is 2.84 bits per heavy atom. The topological polar surface area (TPSA) is 72.2 Å². The van der Waals surface area contributed by atoms with E-state index in [9.17, 15) is 14.0 Å². The summed E-state index contributed by atoms with van der Waals surface area (Å²) in [6.07, 6.45) is 1.02. The standard InChI is InChI=1S/C12H8BrFN2O3/c13-8-3-1-2-7(4-8)11-10(14)12(19)16(6-15-11)5-9(17)18/h1-4,6H,5H2,(H,17,18). The van der Waals surface area contributed by atoms with Gasteiger partial charge in [0.15, 0.2) is 0 Å². The van der Waals surface area contributed by atoms with E-state index < -0.39 is 23.9 Å². The van der Waals surface area contributed by atoms with Crippen LogP contribution in [0.15, 0.2) is 39.9 Å². The molecular weight excluding hydrogens is 319 g/mol. The molecule has 1 N–H and O–H groups in total. The van der Waals surface area contributed by atoms with E-state index in [-0.39, 0.29) is 5.69 Å². The quantitative estimate of drug-likeness (QED) is 0.935. The molecule has 0 saturated heterocycles. The number of hydrogen-bond acceptors (Lipinski definition) is 3. The van der Waals surface area contributed by atoms with E-state index in [0.717, 1.165) is 10.8 Å². The van der Waals surface area contributed by atoms with E-state index in [2.05, 4.69) is 20.9 Å². The Labute approximate surface area is 115 Å². The van der Waals surface area contributed by atoms with Crippen molar-refractivity contribution in [3.05, 3.63) is 51.2 Å². The minimum Gasteiger partial charge on any atom is -0.480 e. The maximum absolute atomic E-state index is 13.9. The molecule has 0 fully saturated rings. The lowest BCUT2D eigenvalue weighted by molar-refractivity contribution is -0.137. The number of carboxylic acid groups (broad SMARTS) is 1. The van der Waals surface area contributed by atoms with Gasteiger partial charge >= 0.3 is 5.97 Å². The minimum absolute atomic E-state index is 0.104. The Hall–Kier alpha value is -2.02. The summed E-state index contributed by atoms with van der Waals surface area (Å²) in [6, 6.07) is 6.67. The molecule has 1 aromatic heterocycles. The Bertz CT molecular complexity index is 700. The number of rotatable bonds is 3. The molecule has 0 spiro atoms. The van der Waals surface area contributed by atoms with E-state index in [1.165, 1.54) is 0 Å². The number of halogens is 2. The van der Waals surface area contributed by atoms with Gasteiger partial charge in [-0.2, -0.15) is 4.39 Å². The van der Waals surface area contributed by atoms with E-state index in [1.807, 2.05) is 0 Å². The Morgan fingerprint density at radius 1 is 1.47 bits per heavy atom. The van der Waals surface area contributed by atoms with Crippen molar-refractivity contribution in [1.82, 2.24) is 9.55 Å². The first-order valence-corrected chi connectivity index (χ1v) is 6.01. The van der Waals surface area contributed by atoms with Crippen molar-refractivity contribution in [2.75, 3.05) is 0 Å². The molecule has 98 valence electrons. The van der Waals surface area contributed by atoms with Gasteiger partial charge < -0.3 is 5.11 Å². The maximum Gasteiger partial charge on any atom is 0.323 e. The van der Waals surface area contributed by atoms with Crippen LogP contribution in [0.4, 0.5) is 4.39 Å². The lowest BCUT2D eigenvalue weighted by Crippen LogP contribution is -2.27. The van der Waals surface area contributed by atoms with Crippen molar-refractivity contribution < 1.29 is 14.3 Å². The first kappa shape index (κ1) is 13.4. The van der Waals surface area contributed by atoms with Gasteiger partial charge in [0.05, 0.1) is 6.33 Å². The first-order chi connectivity index (χ1) is 8.99. The SMILES string of the molecule is O=C(O)Cn1cnc(-c2cccc(Br)c2)c(F)c1=O. The molecule has 2 aromatic rings. The molecule has 2 rings (SSSR count). The third kappa shape index (κ3) is 2.87. The highest BCUT2D eigenvalue weighted by Gasteiger charge is 2.14. The van der Waals surface area contributed by atoms with Crippen LogP contribution in [0, 0.1) is 5.82 Å². The van der Waals surface area contributed by atoms with E-state index in [1.54, 1.807) is 24.3 Å². The van der Waals surface area contributed by atoms with Gasteiger partial charge in [-0.15, -0.1) is 0 Å². The molecule has 0 unspecified atom stereocenters. The van der Waals surface area contributed by atoms with Crippen LogP contribution < -0.4 is 5.56 Å². The highest BCUT2D eigenvalue weighted by atomic mass is 79.9. The second-order valence-corrected chi connectivity index (χ2v) is 4.66. The van der Waals surface area contributed by atoms with Gasteiger partial charge in [0.2, 0.25) is 5.82 Å². The number of aromatic nitrogens is 2. The molecule has 0 aliphatic carbocycles. The highest BCUT2D eigenvalue weighted by molar-refractivity contribution is 9.10. The third-order valence-electron chi connectivity index (χ3n) is 2.39. The van der Waals surface area contributed by atoms with Gasteiger partial charge in [-0.05, 0) is 12.1 Å². The van der Waals surface area contributed by atoms with Gasteiger partial charge in [-0.25, -0.2) is 4.98 Å². The number of carbonyl (C=O) groups is 1. The predicted molar refractivity (Wildman–Crippen MR) is 69.2 cm³/mol. The van der Waals surface area contributed by atoms with E-state index >= 15 is 0 Å². The Balaban J connectivity index is 2.53. The molecule has 0 aliphatic rings. The van der Waals surface area contributed by atoms with Crippen molar-refractivity contribution in [1.29, 1.82) is 0 Å². The van der Waals surface area contributed by atoms with Crippen molar-refractivity contribution >= 4 is 21.9 Å². The fraction of sp³-hybridized carbons (Fsp3) is 0.0833. The van der Waals surface area contributed by atoms with E-state index in [0.29, 0.717) is 10.1 Å². The monoisotopic (exact) mass is 326 g/mol. The predicted octanol–water partition coefficient (Wildman–Crippen LogP) is 1.90. The molecule has 0 atom stereocenters. The summed E-state index contributed by atoms with van der Waals surface area (Å²) in [6.45, 7) is -0.623. The zero-order chi connectivity index (χ0) is 14.0. The van der Waals surface area contributed by atoms with Crippen LogP contribution in [0.1, 0.15) is 0 Å². The zero-order valence-corrected chi connectivity index (χ0v) is 11.1. The average molecular weight is 327 g/mol. The minimum atomic E-state index is -1.24. The summed E-state index contributed by atoms with van der Waals surface area (Å²) in [5, 5.41) is 8.59. The second-order valence-electron chi connectivity index (χ2n) is 3.74. The fourth-order valence-corrected chi connectivity index (χ4v) is 1.96. The molecule has 1 heterocycles. The first-order valence-electron chi connectivity index (χ1n) is 5.21. The average Bonchev–Trinajstić information content (AvgIpc) is 2.35. The van der Waals surface area contributed by atoms with Crippen LogP contribution >= 0.6 is 15.9 Å². The molecule has 7 heteroatoms. The number of carboxylic acids is 1. The van der Waals surface area contributed by atoms with Crippen LogP contribution in [0.25, 0.3) is 11.3 Å². The maximum atomic E-state index is 13.9. The van der Waals surface area contributed by atoms with Crippen molar-refractivity contribution in [3.8, 4) is 11.3 Å². The molecule has 0 aliphatic heterocycles. The molecule has 19 heavy (non-hydrogen) atoms. The summed E-state index contributed by atoms with van der Waals surface area (Å²) in [5.74, 6) is -2.31. The van der Waals surface area contributed by atoms with Crippen LogP contribution in [0.5, 0.6) is 0 Å². The smallest absolute Gasteiger partial charge is 0.323 e. The van der Waals surface area contributed by atoms with Gasteiger partial charge in [0.1, 0.15) is 12.2 Å². The van der Waals surface area contributed by atoms with Crippen LogP contribution in [0.2, 0.25) is 0 Å². The van der Waals surface area contributed by atoms with Crippen molar-refractivity contribution in [2.45, 2.75) is 6.54 Å². The van der Waals surface area contributed by atoms with Crippen molar-refractivity contribution in [3.63, 3.8) is 0 Å². The summed E-state index contributed by atoms with van der Waals surface area (Å²) in [4.78, 5) is 26.0. The van der Waals surface area contributed by atoms with Gasteiger partial charge in [0, 0.05) is 10.0 Å². The summed E-state index contributed by atoms with van der Waals surface area (Å²) in [5.41, 5.74) is -0.674. The van der Waals surface area contributed by atoms with Gasteiger partial charge in [0.25, 0.3) is 5.56 Å². The molecule has 0 bridgehead atoms. The summed E-state index contributed by atoms with van der Waals surface area (Å²) < 4.78 is 15.4. The molecule has 0 saturated carbocycles. The molecular formula is C12H8BrFN2O3. The number of hydrogen-bond donors (Lipinski definition) is 1. The van der Waals surface area contributed by atoms with Gasteiger partial charge in [-0.1, -0.05) is 28.1 Å².